The Bertz CT molecular complexity index is 1370. The van der Waals surface area contributed by atoms with Gasteiger partial charge in [-0.15, -0.1) is 0 Å². The van der Waals surface area contributed by atoms with Crippen LogP contribution in [0, 0.1) is 0 Å². The standard InChI is InChI=1S/C63H118NO8P/c1-6-8-10-12-14-16-18-20-22-24-25-26-27-28-29-30-31-32-33-34-35-36-37-38-39-40-42-44-46-48-50-52-54-56-63(66)72-61(60-71-73(67,68)70-58-57-64(3,4)5)59-69-62(65)55-53-51-49-47-45-43-41-23-21-19-17-15-13-11-9-7-2/h8,10,14,16,20,22,25-26,61H,6-7,9,11-13,15,17-19,21,23-24,27-60H2,1-5H3/b10-8-,16-14-,22-20-,26-25-. The molecule has 0 aliphatic heterocycles. The summed E-state index contributed by atoms with van der Waals surface area (Å²) in [7, 11) is 1.18. The molecular formula is C63H118NO8P. The third-order valence-electron chi connectivity index (χ3n) is 13.6. The van der Waals surface area contributed by atoms with Gasteiger partial charge in [-0.3, -0.25) is 14.2 Å². The van der Waals surface area contributed by atoms with Crippen molar-refractivity contribution in [2.45, 2.75) is 296 Å². The van der Waals surface area contributed by atoms with Gasteiger partial charge in [-0.1, -0.05) is 274 Å². The van der Waals surface area contributed by atoms with E-state index < -0.39 is 26.5 Å². The van der Waals surface area contributed by atoms with Gasteiger partial charge in [0.15, 0.2) is 6.10 Å². The van der Waals surface area contributed by atoms with Crippen LogP contribution in [0.15, 0.2) is 48.6 Å². The van der Waals surface area contributed by atoms with E-state index in [1.165, 1.54) is 199 Å². The Balaban J connectivity index is 4.00. The van der Waals surface area contributed by atoms with Crippen LogP contribution in [0.4, 0.5) is 0 Å². The highest BCUT2D eigenvalue weighted by Gasteiger charge is 2.22. The Morgan fingerprint density at radius 3 is 1.16 bits per heavy atom. The monoisotopic (exact) mass is 1050 g/mol. The lowest BCUT2D eigenvalue weighted by Gasteiger charge is -2.28. The molecule has 0 heterocycles. The number of carbonyl (C=O) groups is 2. The Hall–Kier alpha value is -2.03. The number of ether oxygens (including phenoxy) is 2. The fourth-order valence-electron chi connectivity index (χ4n) is 8.89. The predicted octanol–water partition coefficient (Wildman–Crippen LogP) is 18.7. The second kappa shape index (κ2) is 54.7. The van der Waals surface area contributed by atoms with E-state index in [1.54, 1.807) is 0 Å². The van der Waals surface area contributed by atoms with Crippen LogP contribution in [0.1, 0.15) is 290 Å². The number of carbonyl (C=O) groups excluding carboxylic acids is 2. The summed E-state index contributed by atoms with van der Waals surface area (Å²) in [6, 6.07) is 0. The third kappa shape index (κ3) is 59.1. The van der Waals surface area contributed by atoms with Gasteiger partial charge < -0.3 is 27.9 Å². The SMILES string of the molecule is CC/C=C\C/C=C\C/C=C\C/C=C\CCCCCCCCCCCCCCCCCCCCCCC(=O)OC(COC(=O)CCCCCCCCCCCCCCCCCC)COP(=O)([O-])OCC[N+](C)(C)C. The summed E-state index contributed by atoms with van der Waals surface area (Å²) >= 11 is 0. The number of quaternary nitrogens is 1. The summed E-state index contributed by atoms with van der Waals surface area (Å²) in [6.45, 7) is 4.17. The molecule has 0 spiro atoms. The Morgan fingerprint density at radius 1 is 0.438 bits per heavy atom. The number of unbranched alkanes of at least 4 members (excludes halogenated alkanes) is 35. The van der Waals surface area contributed by atoms with Crippen LogP contribution in [0.25, 0.3) is 0 Å². The molecule has 0 fully saturated rings. The number of allylic oxidation sites excluding steroid dienone is 8. The predicted molar refractivity (Wildman–Crippen MR) is 310 cm³/mol. The molecule has 0 aliphatic rings. The molecule has 2 atom stereocenters. The average Bonchev–Trinajstić information content (AvgIpc) is 3.35. The first-order valence-electron chi connectivity index (χ1n) is 30.8. The Morgan fingerprint density at radius 2 is 0.781 bits per heavy atom. The molecule has 0 aromatic rings. The van der Waals surface area contributed by atoms with Gasteiger partial charge in [-0.25, -0.2) is 0 Å². The number of esters is 2. The third-order valence-corrected chi connectivity index (χ3v) is 14.6. The van der Waals surface area contributed by atoms with Crippen LogP contribution in [-0.4, -0.2) is 70.0 Å². The van der Waals surface area contributed by atoms with Gasteiger partial charge in [0.05, 0.1) is 27.7 Å². The number of hydrogen-bond donors (Lipinski definition) is 0. The molecule has 0 rings (SSSR count). The van der Waals surface area contributed by atoms with E-state index in [4.69, 9.17) is 18.5 Å². The smallest absolute Gasteiger partial charge is 0.306 e. The quantitative estimate of drug-likeness (QED) is 0.0195. The number of phosphoric acid groups is 1. The fraction of sp³-hybridized carbons (Fsp3) is 0.841. The first kappa shape index (κ1) is 71.0. The van der Waals surface area contributed by atoms with Crippen LogP contribution < -0.4 is 4.89 Å². The lowest BCUT2D eigenvalue weighted by molar-refractivity contribution is -0.870. The topological polar surface area (TPSA) is 111 Å². The van der Waals surface area contributed by atoms with Gasteiger partial charge in [0, 0.05) is 12.8 Å². The average molecular weight is 1050 g/mol. The molecule has 10 heteroatoms. The van der Waals surface area contributed by atoms with Crippen LogP contribution in [0.5, 0.6) is 0 Å². The highest BCUT2D eigenvalue weighted by Crippen LogP contribution is 2.38. The molecule has 0 saturated heterocycles. The van der Waals surface area contributed by atoms with Gasteiger partial charge in [-0.2, -0.15) is 0 Å². The molecule has 0 saturated carbocycles. The van der Waals surface area contributed by atoms with Gasteiger partial charge in [-0.05, 0) is 51.4 Å². The molecule has 0 aromatic heterocycles. The van der Waals surface area contributed by atoms with Gasteiger partial charge >= 0.3 is 11.9 Å². The first-order chi connectivity index (χ1) is 35.5. The molecule has 9 nitrogen and oxygen atoms in total. The minimum atomic E-state index is -4.63. The van der Waals surface area contributed by atoms with E-state index in [2.05, 4.69) is 62.5 Å². The maximum Gasteiger partial charge on any atom is 0.306 e. The highest BCUT2D eigenvalue weighted by molar-refractivity contribution is 7.45. The van der Waals surface area contributed by atoms with E-state index in [9.17, 15) is 19.0 Å². The number of hydrogen-bond acceptors (Lipinski definition) is 8. The van der Waals surface area contributed by atoms with E-state index >= 15 is 0 Å². The second-order valence-corrected chi connectivity index (χ2v) is 23.5. The van der Waals surface area contributed by atoms with Crippen LogP contribution in [0.3, 0.4) is 0 Å². The first-order valence-corrected chi connectivity index (χ1v) is 32.3. The summed E-state index contributed by atoms with van der Waals surface area (Å²) in [5, 5.41) is 0. The molecule has 0 aliphatic carbocycles. The molecule has 0 N–H and O–H groups in total. The Kier molecular flexibility index (Phi) is 53.2. The molecular weight excluding hydrogens is 930 g/mol. The lowest BCUT2D eigenvalue weighted by atomic mass is 10.0. The summed E-state index contributed by atoms with van der Waals surface area (Å²) in [5.41, 5.74) is 0. The van der Waals surface area contributed by atoms with E-state index in [-0.39, 0.29) is 32.0 Å². The van der Waals surface area contributed by atoms with Crippen molar-refractivity contribution in [1.29, 1.82) is 0 Å². The van der Waals surface area contributed by atoms with Crippen molar-refractivity contribution in [3.05, 3.63) is 48.6 Å². The van der Waals surface area contributed by atoms with Gasteiger partial charge in [0.1, 0.15) is 19.8 Å². The summed E-state index contributed by atoms with van der Waals surface area (Å²) < 4.78 is 34.2. The zero-order valence-corrected chi connectivity index (χ0v) is 49.5. The van der Waals surface area contributed by atoms with Crippen molar-refractivity contribution in [2.75, 3.05) is 47.5 Å². The van der Waals surface area contributed by atoms with Crippen molar-refractivity contribution in [1.82, 2.24) is 0 Å². The summed E-state index contributed by atoms with van der Waals surface area (Å²) in [5.74, 6) is -0.817. The Labute approximate surface area is 452 Å². The van der Waals surface area contributed by atoms with E-state index in [0.717, 1.165) is 57.8 Å². The largest absolute Gasteiger partial charge is 0.756 e. The maximum atomic E-state index is 12.8. The van der Waals surface area contributed by atoms with Crippen molar-refractivity contribution in [3.8, 4) is 0 Å². The molecule has 2 unspecified atom stereocenters. The fourth-order valence-corrected chi connectivity index (χ4v) is 9.61. The van der Waals surface area contributed by atoms with E-state index in [1.807, 2.05) is 21.1 Å². The summed E-state index contributed by atoms with van der Waals surface area (Å²) in [4.78, 5) is 37.9. The van der Waals surface area contributed by atoms with Gasteiger partial charge in [0.25, 0.3) is 7.82 Å². The van der Waals surface area contributed by atoms with Gasteiger partial charge in [0.2, 0.25) is 0 Å². The lowest BCUT2D eigenvalue weighted by Crippen LogP contribution is -2.37. The second-order valence-electron chi connectivity index (χ2n) is 22.0. The van der Waals surface area contributed by atoms with Crippen LogP contribution >= 0.6 is 7.82 Å². The van der Waals surface area contributed by atoms with Crippen molar-refractivity contribution >= 4 is 19.8 Å². The molecule has 0 amide bonds. The molecule has 0 aromatic carbocycles. The number of likely N-dealkylation sites (N-methyl/N-ethyl adjacent to an activating group) is 1. The zero-order chi connectivity index (χ0) is 53.5. The normalized spacial score (nSPS) is 13.6. The molecule has 73 heavy (non-hydrogen) atoms. The zero-order valence-electron chi connectivity index (χ0n) is 48.6. The number of nitrogens with zero attached hydrogens (tertiary/aromatic N) is 1. The van der Waals surface area contributed by atoms with Crippen LogP contribution in [0.2, 0.25) is 0 Å². The number of phosphoric ester groups is 1. The summed E-state index contributed by atoms with van der Waals surface area (Å²) in [6.07, 6.45) is 68.9. The van der Waals surface area contributed by atoms with Crippen molar-refractivity contribution in [3.63, 3.8) is 0 Å². The number of rotatable bonds is 57. The van der Waals surface area contributed by atoms with E-state index in [0.29, 0.717) is 17.4 Å². The molecule has 428 valence electrons. The molecule has 0 bridgehead atoms. The van der Waals surface area contributed by atoms with Crippen molar-refractivity contribution < 1.29 is 42.1 Å². The minimum absolute atomic E-state index is 0.0282. The highest BCUT2D eigenvalue weighted by atomic mass is 31.2. The minimum Gasteiger partial charge on any atom is -0.756 e. The molecule has 0 radical (unpaired) electrons. The maximum absolute atomic E-state index is 12.8. The van der Waals surface area contributed by atoms with Crippen LogP contribution in [-0.2, 0) is 32.7 Å². The van der Waals surface area contributed by atoms with Crippen molar-refractivity contribution in [2.24, 2.45) is 0 Å².